The van der Waals surface area contributed by atoms with Crippen molar-refractivity contribution in [3.05, 3.63) is 21.6 Å². The number of halogens is 1. The van der Waals surface area contributed by atoms with E-state index in [1.165, 1.54) is 0 Å². The molecule has 1 aromatic heterocycles. The smallest absolute Gasteiger partial charge is 0.285 e. The summed E-state index contributed by atoms with van der Waals surface area (Å²) in [5.41, 5.74) is 0.383. The van der Waals surface area contributed by atoms with Crippen LogP contribution in [0.15, 0.2) is 11.0 Å². The van der Waals surface area contributed by atoms with Gasteiger partial charge in [-0.15, -0.1) is 0 Å². The number of nitrogens with one attached hydrogen (secondary N) is 1. The van der Waals surface area contributed by atoms with Gasteiger partial charge in [-0.05, 0) is 33.0 Å². The molecule has 0 bridgehead atoms. The van der Waals surface area contributed by atoms with Crippen molar-refractivity contribution in [2.24, 2.45) is 0 Å². The fraction of sp³-hybridized carbons (Fsp3) is 0.636. The highest BCUT2D eigenvalue weighted by atomic mass is 35.5. The van der Waals surface area contributed by atoms with E-state index in [1.54, 1.807) is 6.20 Å². The third-order valence-electron chi connectivity index (χ3n) is 3.39. The highest BCUT2D eigenvalue weighted by Gasteiger charge is 2.22. The van der Waals surface area contributed by atoms with Crippen LogP contribution in [0.1, 0.15) is 12.8 Å². The number of piperidine rings is 1. The van der Waals surface area contributed by atoms with Crippen LogP contribution in [0, 0.1) is 0 Å². The number of anilines is 1. The molecule has 0 spiro atoms. The molecule has 94 valence electrons. The Bertz CT molecular complexity index is 439. The molecule has 5 nitrogen and oxygen atoms in total. The minimum absolute atomic E-state index is 0.224. The zero-order valence-corrected chi connectivity index (χ0v) is 10.9. The van der Waals surface area contributed by atoms with Crippen LogP contribution in [-0.4, -0.2) is 48.3 Å². The molecule has 0 saturated carbocycles. The Hall–Kier alpha value is -1.07. The van der Waals surface area contributed by atoms with Crippen molar-refractivity contribution in [2.45, 2.75) is 18.9 Å². The number of aromatic amines is 1. The summed E-state index contributed by atoms with van der Waals surface area (Å²) in [6.07, 6.45) is 3.77. The fourth-order valence-electron chi connectivity index (χ4n) is 2.20. The third kappa shape index (κ3) is 2.61. The van der Waals surface area contributed by atoms with E-state index in [0.29, 0.717) is 11.7 Å². The molecule has 1 fully saturated rings. The molecule has 0 aliphatic carbocycles. The highest BCUT2D eigenvalue weighted by Crippen LogP contribution is 2.25. The predicted octanol–water partition coefficient (Wildman–Crippen LogP) is 0.954. The van der Waals surface area contributed by atoms with E-state index >= 15 is 0 Å². The molecule has 1 N–H and O–H groups in total. The van der Waals surface area contributed by atoms with Gasteiger partial charge in [0.05, 0.1) is 11.9 Å². The van der Waals surface area contributed by atoms with Gasteiger partial charge < -0.3 is 9.80 Å². The number of likely N-dealkylation sites (tertiary alicyclic amines) is 1. The first-order valence-corrected chi connectivity index (χ1v) is 6.12. The first-order chi connectivity index (χ1) is 8.09. The lowest BCUT2D eigenvalue weighted by Gasteiger charge is -2.36. The summed E-state index contributed by atoms with van der Waals surface area (Å²) in [6.45, 7) is 2.15. The van der Waals surface area contributed by atoms with E-state index < -0.39 is 0 Å². The molecular formula is C11H17ClN4O. The van der Waals surface area contributed by atoms with Gasteiger partial charge in [0.1, 0.15) is 5.02 Å². The van der Waals surface area contributed by atoms with Crippen LogP contribution >= 0.6 is 11.6 Å². The minimum atomic E-state index is -0.330. The molecule has 2 rings (SSSR count). The van der Waals surface area contributed by atoms with Gasteiger partial charge in [0.25, 0.3) is 5.56 Å². The summed E-state index contributed by atoms with van der Waals surface area (Å²) in [4.78, 5) is 15.8. The highest BCUT2D eigenvalue weighted by molar-refractivity contribution is 6.32. The maximum Gasteiger partial charge on any atom is 0.285 e. The van der Waals surface area contributed by atoms with Crippen LogP contribution in [0.4, 0.5) is 5.69 Å². The van der Waals surface area contributed by atoms with Gasteiger partial charge >= 0.3 is 0 Å². The molecule has 6 heteroatoms. The van der Waals surface area contributed by atoms with Gasteiger partial charge in [-0.2, -0.15) is 5.10 Å². The second-order valence-electron chi connectivity index (χ2n) is 4.54. The quantitative estimate of drug-likeness (QED) is 0.856. The number of H-pyrrole nitrogens is 1. The summed E-state index contributed by atoms with van der Waals surface area (Å²) < 4.78 is 0. The Morgan fingerprint density at radius 3 is 2.82 bits per heavy atom. The molecule has 2 heterocycles. The average Bonchev–Trinajstić information content (AvgIpc) is 2.33. The molecule has 1 aliphatic heterocycles. The third-order valence-corrected chi connectivity index (χ3v) is 3.76. The average molecular weight is 257 g/mol. The minimum Gasteiger partial charge on any atom is -0.369 e. The van der Waals surface area contributed by atoms with Gasteiger partial charge in [-0.3, -0.25) is 4.79 Å². The molecule has 0 amide bonds. The molecule has 17 heavy (non-hydrogen) atoms. The van der Waals surface area contributed by atoms with Crippen LogP contribution in [-0.2, 0) is 0 Å². The molecule has 1 aliphatic rings. The largest absolute Gasteiger partial charge is 0.369 e. The normalized spacial score (nSPS) is 18.3. The monoisotopic (exact) mass is 256 g/mol. The zero-order chi connectivity index (χ0) is 12.4. The zero-order valence-electron chi connectivity index (χ0n) is 10.1. The summed E-state index contributed by atoms with van der Waals surface area (Å²) in [5, 5.41) is 6.36. The Morgan fingerprint density at radius 2 is 2.18 bits per heavy atom. The van der Waals surface area contributed by atoms with E-state index in [-0.39, 0.29) is 10.6 Å². The SMILES string of the molecule is CN1CCC(N(C)c2cn[nH]c(=O)c2Cl)CC1. The van der Waals surface area contributed by atoms with Crippen LogP contribution in [0.2, 0.25) is 5.02 Å². The summed E-state index contributed by atoms with van der Waals surface area (Å²) >= 11 is 6.00. The van der Waals surface area contributed by atoms with Crippen LogP contribution in [0.25, 0.3) is 0 Å². The van der Waals surface area contributed by atoms with Crippen molar-refractivity contribution in [1.82, 2.24) is 15.1 Å². The van der Waals surface area contributed by atoms with Gasteiger partial charge in [0.15, 0.2) is 0 Å². The molecule has 1 aromatic rings. The van der Waals surface area contributed by atoms with Crippen LogP contribution in [0.3, 0.4) is 0 Å². The van der Waals surface area contributed by atoms with Crippen molar-refractivity contribution >= 4 is 17.3 Å². The van der Waals surface area contributed by atoms with Crippen LogP contribution in [0.5, 0.6) is 0 Å². The molecule has 0 atom stereocenters. The Morgan fingerprint density at radius 1 is 1.53 bits per heavy atom. The van der Waals surface area contributed by atoms with Crippen molar-refractivity contribution in [2.75, 3.05) is 32.1 Å². The number of hydrogen-bond acceptors (Lipinski definition) is 4. The van der Waals surface area contributed by atoms with Crippen molar-refractivity contribution in [3.63, 3.8) is 0 Å². The van der Waals surface area contributed by atoms with Gasteiger partial charge in [-0.25, -0.2) is 5.10 Å². The second-order valence-corrected chi connectivity index (χ2v) is 4.92. The lowest BCUT2D eigenvalue weighted by atomic mass is 10.0. The van der Waals surface area contributed by atoms with Gasteiger partial charge in [0, 0.05) is 13.1 Å². The first-order valence-electron chi connectivity index (χ1n) is 5.74. The van der Waals surface area contributed by atoms with E-state index in [1.807, 2.05) is 7.05 Å². The van der Waals surface area contributed by atoms with Crippen molar-refractivity contribution in [3.8, 4) is 0 Å². The molecule has 0 aromatic carbocycles. The number of hydrogen-bond donors (Lipinski definition) is 1. The number of rotatable bonds is 2. The van der Waals surface area contributed by atoms with Crippen LogP contribution < -0.4 is 10.5 Å². The standard InChI is InChI=1S/C11H17ClN4O/c1-15-5-3-8(4-6-15)16(2)9-7-13-14-11(17)10(9)12/h7-8H,3-6H2,1-2H3,(H,14,17). The Labute approximate surface area is 105 Å². The number of aromatic nitrogens is 2. The van der Waals surface area contributed by atoms with Crippen molar-refractivity contribution < 1.29 is 0 Å². The maximum absolute atomic E-state index is 11.4. The number of nitrogens with zero attached hydrogens (tertiary/aromatic N) is 3. The van der Waals surface area contributed by atoms with E-state index in [2.05, 4.69) is 27.0 Å². The summed E-state index contributed by atoms with van der Waals surface area (Å²) in [5.74, 6) is 0. The lowest BCUT2D eigenvalue weighted by Crippen LogP contribution is -2.42. The van der Waals surface area contributed by atoms with E-state index in [0.717, 1.165) is 25.9 Å². The molecule has 1 saturated heterocycles. The topological polar surface area (TPSA) is 52.2 Å². The predicted molar refractivity (Wildman–Crippen MR) is 68.8 cm³/mol. The molecule has 0 unspecified atom stereocenters. The second kappa shape index (κ2) is 5.06. The van der Waals surface area contributed by atoms with Gasteiger partial charge in [0.2, 0.25) is 0 Å². The van der Waals surface area contributed by atoms with E-state index in [4.69, 9.17) is 11.6 Å². The Kier molecular flexibility index (Phi) is 3.69. The summed E-state index contributed by atoms with van der Waals surface area (Å²) in [6, 6.07) is 0.423. The lowest BCUT2D eigenvalue weighted by molar-refractivity contribution is 0.253. The molecular weight excluding hydrogens is 240 g/mol. The van der Waals surface area contributed by atoms with E-state index in [9.17, 15) is 4.79 Å². The maximum atomic E-state index is 11.4. The van der Waals surface area contributed by atoms with Gasteiger partial charge in [-0.1, -0.05) is 11.6 Å². The first kappa shape index (κ1) is 12.4. The fourth-order valence-corrected chi connectivity index (χ4v) is 2.42. The van der Waals surface area contributed by atoms with Crippen molar-refractivity contribution in [1.29, 1.82) is 0 Å². The molecule has 0 radical (unpaired) electrons. The summed E-state index contributed by atoms with van der Waals surface area (Å²) in [7, 11) is 4.09. The Balaban J connectivity index is 2.17.